The standard InChI is InChI=1S/C17H13F2N3/c18-11-16-6-3-5-15(20-16)4-1-2-9-22-12-13-7-8-14(19)10-17(13)21-22/h3,5-8,10,12H,2,9,11H2. The summed E-state index contributed by atoms with van der Waals surface area (Å²) < 4.78 is 27.3. The maximum Gasteiger partial charge on any atom is 0.131 e. The first-order valence-electron chi connectivity index (χ1n) is 6.88. The lowest BCUT2D eigenvalue weighted by atomic mass is 10.2. The van der Waals surface area contributed by atoms with Gasteiger partial charge in [-0.25, -0.2) is 13.8 Å². The molecule has 2 aromatic heterocycles. The van der Waals surface area contributed by atoms with E-state index in [0.717, 1.165) is 5.39 Å². The molecule has 0 bridgehead atoms. The lowest BCUT2D eigenvalue weighted by molar-refractivity contribution is 0.476. The van der Waals surface area contributed by atoms with Gasteiger partial charge in [0.2, 0.25) is 0 Å². The van der Waals surface area contributed by atoms with Gasteiger partial charge < -0.3 is 0 Å². The summed E-state index contributed by atoms with van der Waals surface area (Å²) in [6.45, 7) is 0.0120. The van der Waals surface area contributed by atoms with Crippen LogP contribution in [0.2, 0.25) is 0 Å². The molecular formula is C17H13F2N3. The molecule has 3 aromatic rings. The highest BCUT2D eigenvalue weighted by Crippen LogP contribution is 2.13. The third-order valence-electron chi connectivity index (χ3n) is 3.14. The summed E-state index contributed by atoms with van der Waals surface area (Å²) in [5.74, 6) is 5.60. The van der Waals surface area contributed by atoms with E-state index in [1.807, 2.05) is 6.20 Å². The van der Waals surface area contributed by atoms with Crippen molar-refractivity contribution in [3.05, 3.63) is 59.8 Å². The molecule has 5 heteroatoms. The van der Waals surface area contributed by atoms with Gasteiger partial charge in [0.05, 0.1) is 17.8 Å². The molecule has 0 fully saturated rings. The van der Waals surface area contributed by atoms with Crippen molar-refractivity contribution >= 4 is 10.9 Å². The molecule has 0 amide bonds. The van der Waals surface area contributed by atoms with Crippen molar-refractivity contribution in [2.24, 2.45) is 0 Å². The minimum atomic E-state index is -0.591. The Bertz CT molecular complexity index is 859. The van der Waals surface area contributed by atoms with Crippen LogP contribution in [0.3, 0.4) is 0 Å². The van der Waals surface area contributed by atoms with Crippen LogP contribution in [0.15, 0.2) is 42.6 Å². The first-order valence-corrected chi connectivity index (χ1v) is 6.88. The summed E-state index contributed by atoms with van der Waals surface area (Å²) in [6, 6.07) is 9.63. The lowest BCUT2D eigenvalue weighted by Gasteiger charge is -1.95. The molecule has 0 aliphatic rings. The number of rotatable bonds is 3. The Morgan fingerprint density at radius 3 is 2.95 bits per heavy atom. The van der Waals surface area contributed by atoms with E-state index in [-0.39, 0.29) is 5.82 Å². The molecule has 0 aliphatic carbocycles. The molecule has 110 valence electrons. The Labute approximate surface area is 126 Å². The van der Waals surface area contributed by atoms with E-state index in [4.69, 9.17) is 0 Å². The van der Waals surface area contributed by atoms with Gasteiger partial charge in [-0.1, -0.05) is 12.0 Å². The maximum absolute atomic E-state index is 13.1. The zero-order valence-electron chi connectivity index (χ0n) is 11.8. The summed E-state index contributed by atoms with van der Waals surface area (Å²) in [5.41, 5.74) is 1.57. The first kappa shape index (κ1) is 14.2. The number of hydrogen-bond donors (Lipinski definition) is 0. The predicted octanol–water partition coefficient (Wildman–Crippen LogP) is 3.48. The molecule has 2 heterocycles. The molecule has 3 rings (SSSR count). The van der Waals surface area contributed by atoms with Crippen LogP contribution in [0.4, 0.5) is 8.78 Å². The molecule has 0 N–H and O–H groups in total. The molecule has 0 saturated heterocycles. The molecule has 0 radical (unpaired) electrons. The molecular weight excluding hydrogens is 284 g/mol. The third kappa shape index (κ3) is 3.29. The molecule has 0 atom stereocenters. The van der Waals surface area contributed by atoms with Crippen molar-refractivity contribution in [2.45, 2.75) is 19.6 Å². The Morgan fingerprint density at radius 1 is 1.18 bits per heavy atom. The van der Waals surface area contributed by atoms with Crippen molar-refractivity contribution in [1.82, 2.24) is 14.8 Å². The average molecular weight is 297 g/mol. The summed E-state index contributed by atoms with van der Waals surface area (Å²) in [4.78, 5) is 4.07. The Morgan fingerprint density at radius 2 is 2.09 bits per heavy atom. The molecule has 22 heavy (non-hydrogen) atoms. The zero-order valence-corrected chi connectivity index (χ0v) is 11.8. The van der Waals surface area contributed by atoms with Crippen molar-refractivity contribution in [1.29, 1.82) is 0 Å². The molecule has 0 spiro atoms. The Balaban J connectivity index is 1.66. The number of nitrogens with zero attached hydrogens (tertiary/aromatic N) is 3. The number of hydrogen-bond acceptors (Lipinski definition) is 2. The zero-order chi connectivity index (χ0) is 15.4. The maximum atomic E-state index is 13.1. The van der Waals surface area contributed by atoms with Crippen LogP contribution in [0.1, 0.15) is 17.8 Å². The molecule has 3 nitrogen and oxygen atoms in total. The summed E-state index contributed by atoms with van der Waals surface area (Å²) in [6.07, 6.45) is 2.44. The summed E-state index contributed by atoms with van der Waals surface area (Å²) >= 11 is 0. The van der Waals surface area contributed by atoms with Gasteiger partial charge in [0.15, 0.2) is 0 Å². The minimum absolute atomic E-state index is 0.295. The molecule has 0 aliphatic heterocycles. The predicted molar refractivity (Wildman–Crippen MR) is 80.2 cm³/mol. The largest absolute Gasteiger partial charge is 0.271 e. The fraction of sp³-hybridized carbons (Fsp3) is 0.176. The Hall–Kier alpha value is -2.74. The van der Waals surface area contributed by atoms with Gasteiger partial charge in [0.1, 0.15) is 18.2 Å². The highest BCUT2D eigenvalue weighted by Gasteiger charge is 2.01. The second-order valence-electron chi connectivity index (χ2n) is 4.79. The van der Waals surface area contributed by atoms with Gasteiger partial charge in [-0.05, 0) is 30.2 Å². The number of alkyl halides is 1. The van der Waals surface area contributed by atoms with Crippen molar-refractivity contribution in [3.8, 4) is 11.8 Å². The normalized spacial score (nSPS) is 10.5. The average Bonchev–Trinajstić information content (AvgIpc) is 2.93. The number of aromatic nitrogens is 3. The van der Waals surface area contributed by atoms with Crippen molar-refractivity contribution in [3.63, 3.8) is 0 Å². The van der Waals surface area contributed by atoms with E-state index >= 15 is 0 Å². The Kier molecular flexibility index (Phi) is 4.10. The van der Waals surface area contributed by atoms with E-state index in [9.17, 15) is 8.78 Å². The van der Waals surface area contributed by atoms with Gasteiger partial charge in [0, 0.05) is 24.1 Å². The number of pyridine rings is 1. The van der Waals surface area contributed by atoms with Gasteiger partial charge in [-0.3, -0.25) is 4.68 Å². The lowest BCUT2D eigenvalue weighted by Crippen LogP contribution is -1.97. The van der Waals surface area contributed by atoms with E-state index in [1.54, 1.807) is 28.9 Å². The van der Waals surface area contributed by atoms with E-state index in [0.29, 0.717) is 29.9 Å². The van der Waals surface area contributed by atoms with Crippen LogP contribution in [0.25, 0.3) is 10.9 Å². The second kappa shape index (κ2) is 6.35. The van der Waals surface area contributed by atoms with Gasteiger partial charge >= 0.3 is 0 Å². The number of aryl methyl sites for hydroxylation is 1. The number of halogens is 2. The summed E-state index contributed by atoms with van der Waals surface area (Å²) in [5, 5.41) is 5.18. The van der Waals surface area contributed by atoms with E-state index in [2.05, 4.69) is 21.9 Å². The van der Waals surface area contributed by atoms with Gasteiger partial charge in [-0.2, -0.15) is 5.10 Å². The van der Waals surface area contributed by atoms with Crippen LogP contribution in [-0.4, -0.2) is 14.8 Å². The van der Waals surface area contributed by atoms with E-state index < -0.39 is 6.67 Å². The smallest absolute Gasteiger partial charge is 0.131 e. The van der Waals surface area contributed by atoms with Crippen LogP contribution in [0, 0.1) is 17.7 Å². The number of benzene rings is 1. The highest BCUT2D eigenvalue weighted by molar-refractivity contribution is 5.77. The molecule has 1 aromatic carbocycles. The molecule has 0 unspecified atom stereocenters. The van der Waals surface area contributed by atoms with Crippen LogP contribution in [0.5, 0.6) is 0 Å². The topological polar surface area (TPSA) is 30.7 Å². The van der Waals surface area contributed by atoms with Crippen LogP contribution >= 0.6 is 0 Å². The fourth-order valence-electron chi connectivity index (χ4n) is 2.10. The second-order valence-corrected chi connectivity index (χ2v) is 4.79. The SMILES string of the molecule is FCc1cccc(C#CCCn2cc3ccc(F)cc3n2)n1. The van der Waals surface area contributed by atoms with Gasteiger partial charge in [0.25, 0.3) is 0 Å². The third-order valence-corrected chi connectivity index (χ3v) is 3.14. The highest BCUT2D eigenvalue weighted by atomic mass is 19.1. The quantitative estimate of drug-likeness (QED) is 0.693. The van der Waals surface area contributed by atoms with Gasteiger partial charge in [-0.15, -0.1) is 0 Å². The van der Waals surface area contributed by atoms with E-state index in [1.165, 1.54) is 12.1 Å². The van der Waals surface area contributed by atoms with Crippen molar-refractivity contribution < 1.29 is 8.78 Å². The van der Waals surface area contributed by atoms with Crippen molar-refractivity contribution in [2.75, 3.05) is 0 Å². The number of fused-ring (bicyclic) bond motifs is 1. The molecule has 0 saturated carbocycles. The summed E-state index contributed by atoms with van der Waals surface area (Å²) in [7, 11) is 0. The fourth-order valence-corrected chi connectivity index (χ4v) is 2.10. The van der Waals surface area contributed by atoms with Crippen LogP contribution < -0.4 is 0 Å². The minimum Gasteiger partial charge on any atom is -0.271 e. The first-order chi connectivity index (χ1) is 10.7. The monoisotopic (exact) mass is 297 g/mol. The van der Waals surface area contributed by atoms with Crippen LogP contribution in [-0.2, 0) is 13.2 Å².